The number of hydrogen-bond acceptors (Lipinski definition) is 4. The first-order valence-corrected chi connectivity index (χ1v) is 10.1. The summed E-state index contributed by atoms with van der Waals surface area (Å²) >= 11 is 0. The molecule has 1 saturated carbocycles. The first-order valence-electron chi connectivity index (χ1n) is 10.1. The van der Waals surface area contributed by atoms with Crippen molar-refractivity contribution in [3.63, 3.8) is 0 Å². The minimum Gasteiger partial charge on any atom is -0.349 e. The second kappa shape index (κ2) is 7.59. The summed E-state index contributed by atoms with van der Waals surface area (Å²) in [7, 11) is 0. The molecule has 0 radical (unpaired) electrons. The van der Waals surface area contributed by atoms with Crippen molar-refractivity contribution in [2.75, 3.05) is 6.54 Å². The number of hydrogen-bond donors (Lipinski definition) is 1. The van der Waals surface area contributed by atoms with Gasteiger partial charge in [-0.3, -0.25) is 4.79 Å². The molecule has 0 bridgehead atoms. The molecule has 7 nitrogen and oxygen atoms in total. The van der Waals surface area contributed by atoms with Crippen LogP contribution >= 0.6 is 0 Å². The van der Waals surface area contributed by atoms with Gasteiger partial charge in [-0.25, -0.2) is 19.0 Å². The Balaban J connectivity index is 1.31. The largest absolute Gasteiger partial charge is 0.350 e. The average molecular weight is 399 g/mol. The molecule has 0 aliphatic heterocycles. The third-order valence-corrected chi connectivity index (χ3v) is 5.26. The third-order valence-electron chi connectivity index (χ3n) is 5.26. The highest BCUT2D eigenvalue weighted by molar-refractivity contribution is 5.94. The van der Waals surface area contributed by atoms with Gasteiger partial charge in [0, 0.05) is 17.8 Å². The second-order valence-electron chi connectivity index (χ2n) is 7.45. The van der Waals surface area contributed by atoms with Crippen LogP contribution in [0, 0.1) is 0 Å². The number of carbonyl (C=O) groups is 1. The fourth-order valence-corrected chi connectivity index (χ4v) is 3.55. The fraction of sp³-hybridized carbons (Fsp3) is 0.217. The predicted molar refractivity (Wildman–Crippen MR) is 114 cm³/mol. The van der Waals surface area contributed by atoms with E-state index in [9.17, 15) is 9.59 Å². The lowest BCUT2D eigenvalue weighted by atomic mass is 10.2. The Kier molecular flexibility index (Phi) is 4.63. The van der Waals surface area contributed by atoms with Crippen LogP contribution in [0.2, 0.25) is 0 Å². The molecule has 30 heavy (non-hydrogen) atoms. The van der Waals surface area contributed by atoms with E-state index in [1.54, 1.807) is 10.6 Å². The van der Waals surface area contributed by atoms with E-state index >= 15 is 0 Å². The van der Waals surface area contributed by atoms with Crippen molar-refractivity contribution in [3.8, 4) is 5.69 Å². The van der Waals surface area contributed by atoms with Gasteiger partial charge >= 0.3 is 5.69 Å². The predicted octanol–water partition coefficient (Wildman–Crippen LogP) is 2.89. The summed E-state index contributed by atoms with van der Waals surface area (Å²) in [5.41, 5.74) is 1.77. The third kappa shape index (κ3) is 3.50. The van der Waals surface area contributed by atoms with Crippen molar-refractivity contribution in [3.05, 3.63) is 88.7 Å². The van der Waals surface area contributed by atoms with Crippen LogP contribution in [0.5, 0.6) is 0 Å². The summed E-state index contributed by atoms with van der Waals surface area (Å²) in [5, 5.41) is 8.39. The van der Waals surface area contributed by atoms with Gasteiger partial charge in [-0.05, 0) is 37.1 Å². The van der Waals surface area contributed by atoms with Crippen molar-refractivity contribution in [2.45, 2.75) is 25.3 Å². The molecule has 0 saturated heterocycles. The SMILES string of the molecule is O=C(NCCn1nc(C2CC2)n(-c2ccccc2)c1=O)c1ccc2ccccc2n1. The number of amides is 1. The van der Waals surface area contributed by atoms with E-state index in [4.69, 9.17) is 0 Å². The molecule has 150 valence electrons. The number of fused-ring (bicyclic) bond motifs is 1. The van der Waals surface area contributed by atoms with Crippen molar-refractivity contribution in [1.82, 2.24) is 24.6 Å². The molecule has 0 atom stereocenters. The van der Waals surface area contributed by atoms with E-state index in [-0.39, 0.29) is 11.6 Å². The molecule has 2 aromatic carbocycles. The van der Waals surface area contributed by atoms with Crippen molar-refractivity contribution >= 4 is 16.8 Å². The highest BCUT2D eigenvalue weighted by Crippen LogP contribution is 2.39. The van der Waals surface area contributed by atoms with E-state index in [1.165, 1.54) is 4.68 Å². The monoisotopic (exact) mass is 399 g/mol. The van der Waals surface area contributed by atoms with E-state index in [2.05, 4.69) is 15.4 Å². The standard InChI is InChI=1S/C23H21N5O2/c29-22(20-13-12-16-6-4-5-9-19(16)25-20)24-14-15-27-23(30)28(18-7-2-1-3-8-18)21(26-27)17-10-11-17/h1-9,12-13,17H,10-11,14-15H2,(H,24,29). The van der Waals surface area contributed by atoms with Gasteiger partial charge in [0.2, 0.25) is 0 Å². The van der Waals surface area contributed by atoms with Gasteiger partial charge in [0.15, 0.2) is 0 Å². The van der Waals surface area contributed by atoms with Crippen molar-refractivity contribution in [2.24, 2.45) is 0 Å². The highest BCUT2D eigenvalue weighted by Gasteiger charge is 2.31. The summed E-state index contributed by atoms with van der Waals surface area (Å²) < 4.78 is 3.12. The van der Waals surface area contributed by atoms with Gasteiger partial charge in [0.1, 0.15) is 11.5 Å². The normalized spacial score (nSPS) is 13.5. The quantitative estimate of drug-likeness (QED) is 0.541. The molecule has 0 unspecified atom stereocenters. The lowest BCUT2D eigenvalue weighted by molar-refractivity contribution is 0.0947. The zero-order chi connectivity index (χ0) is 20.5. The maximum atomic E-state index is 13.0. The van der Waals surface area contributed by atoms with Crippen LogP contribution in [0.25, 0.3) is 16.6 Å². The molecule has 4 aromatic rings. The smallest absolute Gasteiger partial charge is 0.349 e. The number of rotatable bonds is 6. The lowest BCUT2D eigenvalue weighted by Crippen LogP contribution is -2.32. The second-order valence-corrected chi connectivity index (χ2v) is 7.45. The molecule has 1 aliphatic rings. The maximum absolute atomic E-state index is 13.0. The topological polar surface area (TPSA) is 81.8 Å². The summed E-state index contributed by atoms with van der Waals surface area (Å²) in [6.07, 6.45) is 2.10. The number of para-hydroxylation sites is 2. The lowest BCUT2D eigenvalue weighted by Gasteiger charge is -2.05. The molecule has 0 spiro atoms. The van der Waals surface area contributed by atoms with Gasteiger partial charge in [-0.2, -0.15) is 5.10 Å². The molecule has 5 rings (SSSR count). The van der Waals surface area contributed by atoms with Crippen molar-refractivity contribution in [1.29, 1.82) is 0 Å². The molecule has 1 aliphatic carbocycles. The van der Waals surface area contributed by atoms with Crippen LogP contribution in [0.15, 0.2) is 71.5 Å². The Hall–Kier alpha value is -3.74. The Morgan fingerprint density at radius 2 is 1.77 bits per heavy atom. The zero-order valence-corrected chi connectivity index (χ0v) is 16.4. The van der Waals surface area contributed by atoms with Gasteiger partial charge < -0.3 is 5.32 Å². The Morgan fingerprint density at radius 3 is 2.57 bits per heavy atom. The zero-order valence-electron chi connectivity index (χ0n) is 16.4. The van der Waals surface area contributed by atoms with Crippen LogP contribution in [-0.4, -0.2) is 31.8 Å². The fourth-order valence-electron chi connectivity index (χ4n) is 3.55. The van der Waals surface area contributed by atoms with Gasteiger partial charge in [-0.1, -0.05) is 42.5 Å². The molecule has 1 N–H and O–H groups in total. The number of nitrogens with one attached hydrogen (secondary N) is 1. The van der Waals surface area contributed by atoms with Crippen LogP contribution in [0.3, 0.4) is 0 Å². The Labute approximate surface area is 173 Å². The molecule has 2 aromatic heterocycles. The Bertz CT molecular complexity index is 1270. The van der Waals surface area contributed by atoms with Gasteiger partial charge in [0.05, 0.1) is 17.7 Å². The van der Waals surface area contributed by atoms with Gasteiger partial charge in [-0.15, -0.1) is 0 Å². The average Bonchev–Trinajstić information content (AvgIpc) is 3.58. The van der Waals surface area contributed by atoms with E-state index in [0.717, 1.165) is 35.3 Å². The molecular formula is C23H21N5O2. The molecule has 2 heterocycles. The maximum Gasteiger partial charge on any atom is 0.350 e. The number of benzene rings is 2. The number of carbonyl (C=O) groups excluding carboxylic acids is 1. The summed E-state index contributed by atoms with van der Waals surface area (Å²) in [5.74, 6) is 0.864. The summed E-state index contributed by atoms with van der Waals surface area (Å²) in [4.78, 5) is 29.8. The number of nitrogens with zero attached hydrogens (tertiary/aromatic N) is 4. The van der Waals surface area contributed by atoms with E-state index < -0.39 is 0 Å². The Morgan fingerprint density at radius 1 is 1.00 bits per heavy atom. The van der Waals surface area contributed by atoms with Crippen LogP contribution in [0.4, 0.5) is 0 Å². The summed E-state index contributed by atoms with van der Waals surface area (Å²) in [6.45, 7) is 0.598. The van der Waals surface area contributed by atoms with E-state index in [1.807, 2.05) is 60.7 Å². The van der Waals surface area contributed by atoms with Crippen LogP contribution in [0.1, 0.15) is 35.1 Å². The first-order chi connectivity index (χ1) is 14.7. The van der Waals surface area contributed by atoms with Crippen molar-refractivity contribution < 1.29 is 4.79 Å². The number of aromatic nitrogens is 4. The van der Waals surface area contributed by atoms with Crippen LogP contribution < -0.4 is 11.0 Å². The van der Waals surface area contributed by atoms with Gasteiger partial charge in [0.25, 0.3) is 5.91 Å². The minimum absolute atomic E-state index is 0.179. The first kappa shape index (κ1) is 18.3. The molecule has 7 heteroatoms. The molecule has 1 amide bonds. The summed E-state index contributed by atoms with van der Waals surface area (Å²) in [6, 6.07) is 20.8. The molecule has 1 fully saturated rings. The highest BCUT2D eigenvalue weighted by atomic mass is 16.2. The number of pyridine rings is 1. The minimum atomic E-state index is -0.265. The van der Waals surface area contributed by atoms with E-state index in [0.29, 0.717) is 24.7 Å². The van der Waals surface area contributed by atoms with Crippen LogP contribution in [-0.2, 0) is 6.54 Å². The molecular weight excluding hydrogens is 378 g/mol.